The van der Waals surface area contributed by atoms with Crippen molar-refractivity contribution in [3.8, 4) is 28.6 Å². The fourth-order valence-corrected chi connectivity index (χ4v) is 4.05. The van der Waals surface area contributed by atoms with E-state index in [4.69, 9.17) is 13.9 Å². The molecule has 9 nitrogen and oxygen atoms in total. The highest BCUT2D eigenvalue weighted by Crippen LogP contribution is 2.49. The Bertz CT molecular complexity index is 1180. The summed E-state index contributed by atoms with van der Waals surface area (Å²) in [5, 5.41) is 49.9. The predicted octanol–water partition coefficient (Wildman–Crippen LogP) is 0.786. The van der Waals surface area contributed by atoms with E-state index in [2.05, 4.69) is 0 Å². The first-order valence-corrected chi connectivity index (χ1v) is 9.31. The first kappa shape index (κ1) is 18.9. The number of phenolic OH excluding ortho intramolecular Hbond substituents is 2. The van der Waals surface area contributed by atoms with Crippen molar-refractivity contribution in [1.29, 1.82) is 0 Å². The van der Waals surface area contributed by atoms with Crippen molar-refractivity contribution >= 4 is 11.0 Å². The molecule has 1 aromatic heterocycles. The van der Waals surface area contributed by atoms with Crippen molar-refractivity contribution in [2.45, 2.75) is 30.5 Å². The molecule has 3 aromatic rings. The molecule has 0 saturated carbocycles. The van der Waals surface area contributed by atoms with Crippen LogP contribution in [0.25, 0.3) is 22.3 Å². The topological polar surface area (TPSA) is 150 Å². The summed E-state index contributed by atoms with van der Waals surface area (Å²) in [5.74, 6) is 0.0294. The van der Waals surface area contributed by atoms with E-state index < -0.39 is 42.6 Å². The second-order valence-electron chi connectivity index (χ2n) is 7.37. The third kappa shape index (κ3) is 2.67. The molecule has 156 valence electrons. The zero-order valence-electron chi connectivity index (χ0n) is 15.4. The lowest BCUT2D eigenvalue weighted by molar-refractivity contribution is -0.215. The number of phenols is 2. The van der Waals surface area contributed by atoms with E-state index in [9.17, 15) is 30.3 Å². The maximum atomic E-state index is 12.8. The van der Waals surface area contributed by atoms with Crippen molar-refractivity contribution < 1.29 is 39.4 Å². The number of rotatable bonds is 2. The highest BCUT2D eigenvalue weighted by molar-refractivity contribution is 5.90. The van der Waals surface area contributed by atoms with Crippen molar-refractivity contribution in [3.05, 3.63) is 52.2 Å². The van der Waals surface area contributed by atoms with Gasteiger partial charge in [-0.05, 0) is 24.3 Å². The third-order valence-corrected chi connectivity index (χ3v) is 5.55. The van der Waals surface area contributed by atoms with Crippen molar-refractivity contribution in [1.82, 2.24) is 0 Å². The standard InChI is InChI=1S/C21H18O9/c22-7-14-17(26)18(27)21-20(30-14)16-13(29-21)6-11(25)15-10(24)5-12(28-19(15)16)8-1-3-9(23)4-2-8/h1-6,14,17-18,20-23,25-27H,7H2/t14-,17-,18+,20?,21?/m1/s1. The molecular formula is C21H18O9. The van der Waals surface area contributed by atoms with Gasteiger partial charge in [-0.15, -0.1) is 0 Å². The van der Waals surface area contributed by atoms with Crippen LogP contribution in [0.15, 0.2) is 45.6 Å². The summed E-state index contributed by atoms with van der Waals surface area (Å²) >= 11 is 0. The van der Waals surface area contributed by atoms with Crippen LogP contribution in [0.1, 0.15) is 11.7 Å². The van der Waals surface area contributed by atoms with Crippen LogP contribution in [-0.4, -0.2) is 56.6 Å². The summed E-state index contributed by atoms with van der Waals surface area (Å²) in [6.07, 6.45) is -5.74. The molecule has 1 saturated heterocycles. The number of aliphatic hydroxyl groups is 3. The van der Waals surface area contributed by atoms with E-state index in [1.54, 1.807) is 12.1 Å². The van der Waals surface area contributed by atoms with Gasteiger partial charge in [0.25, 0.3) is 0 Å². The van der Waals surface area contributed by atoms with Crippen LogP contribution in [0.2, 0.25) is 0 Å². The van der Waals surface area contributed by atoms with E-state index in [-0.39, 0.29) is 34.0 Å². The number of fused-ring (bicyclic) bond motifs is 5. The van der Waals surface area contributed by atoms with Crippen LogP contribution in [0.5, 0.6) is 17.2 Å². The molecule has 9 heteroatoms. The Labute approximate surface area is 169 Å². The van der Waals surface area contributed by atoms with Crippen LogP contribution in [0.3, 0.4) is 0 Å². The lowest BCUT2D eigenvalue weighted by atomic mass is 9.92. The first-order chi connectivity index (χ1) is 14.4. The molecule has 5 rings (SSSR count). The SMILES string of the molecule is O=c1cc(-c2ccc(O)cc2)oc2c3c(cc(O)c12)OC1C3O[C@H](CO)[C@@H](O)[C@@H]1O. The van der Waals surface area contributed by atoms with Gasteiger partial charge in [0, 0.05) is 17.7 Å². The van der Waals surface area contributed by atoms with Gasteiger partial charge >= 0.3 is 0 Å². The van der Waals surface area contributed by atoms with Crippen LogP contribution in [-0.2, 0) is 4.74 Å². The van der Waals surface area contributed by atoms with Crippen molar-refractivity contribution in [2.24, 2.45) is 0 Å². The maximum Gasteiger partial charge on any atom is 0.197 e. The van der Waals surface area contributed by atoms with Gasteiger partial charge in [0.05, 0.1) is 12.2 Å². The van der Waals surface area contributed by atoms with E-state index in [0.717, 1.165) is 0 Å². The Morgan fingerprint density at radius 1 is 1.00 bits per heavy atom. The smallest absolute Gasteiger partial charge is 0.197 e. The molecule has 2 aliphatic heterocycles. The summed E-state index contributed by atoms with van der Waals surface area (Å²) in [6.45, 7) is -0.532. The molecule has 2 aliphatic rings. The predicted molar refractivity (Wildman–Crippen MR) is 102 cm³/mol. The van der Waals surface area contributed by atoms with Gasteiger partial charge in [0.15, 0.2) is 17.1 Å². The average Bonchev–Trinajstić information content (AvgIpc) is 3.09. The second-order valence-corrected chi connectivity index (χ2v) is 7.37. The number of aromatic hydroxyl groups is 2. The molecule has 5 atom stereocenters. The summed E-state index contributed by atoms with van der Waals surface area (Å²) in [6, 6.07) is 8.49. The largest absolute Gasteiger partial charge is 0.508 e. The van der Waals surface area contributed by atoms with Gasteiger partial charge in [0.2, 0.25) is 0 Å². The lowest BCUT2D eigenvalue weighted by Crippen LogP contribution is -2.55. The number of aliphatic hydroxyl groups excluding tert-OH is 3. The van der Waals surface area contributed by atoms with Gasteiger partial charge in [-0.1, -0.05) is 0 Å². The fourth-order valence-electron chi connectivity index (χ4n) is 4.05. The Hall–Kier alpha value is -3.11. The molecular weight excluding hydrogens is 396 g/mol. The molecule has 3 heterocycles. The number of hydrogen-bond acceptors (Lipinski definition) is 9. The number of hydrogen-bond donors (Lipinski definition) is 5. The molecule has 0 aliphatic carbocycles. The first-order valence-electron chi connectivity index (χ1n) is 9.31. The van der Waals surface area contributed by atoms with Crippen LogP contribution in [0, 0.1) is 0 Å². The zero-order valence-corrected chi connectivity index (χ0v) is 15.4. The van der Waals surface area contributed by atoms with Crippen LogP contribution in [0.4, 0.5) is 0 Å². The normalized spacial score (nSPS) is 27.5. The molecule has 2 aromatic carbocycles. The van der Waals surface area contributed by atoms with Crippen LogP contribution >= 0.6 is 0 Å². The summed E-state index contributed by atoms with van der Waals surface area (Å²) in [4.78, 5) is 12.8. The summed E-state index contributed by atoms with van der Waals surface area (Å²) in [7, 11) is 0. The number of benzene rings is 2. The minimum absolute atomic E-state index is 0.0216. The minimum Gasteiger partial charge on any atom is -0.508 e. The monoisotopic (exact) mass is 414 g/mol. The molecule has 0 radical (unpaired) electrons. The summed E-state index contributed by atoms with van der Waals surface area (Å²) in [5.41, 5.74) is 0.342. The van der Waals surface area contributed by atoms with Crippen molar-refractivity contribution in [3.63, 3.8) is 0 Å². The maximum absolute atomic E-state index is 12.8. The third-order valence-electron chi connectivity index (χ3n) is 5.55. The fraction of sp³-hybridized carbons (Fsp3) is 0.286. The Kier molecular flexibility index (Phi) is 4.23. The van der Waals surface area contributed by atoms with Gasteiger partial charge in [0.1, 0.15) is 52.8 Å². The van der Waals surface area contributed by atoms with Gasteiger partial charge in [-0.25, -0.2) is 0 Å². The minimum atomic E-state index is -1.37. The van der Waals surface area contributed by atoms with Gasteiger partial charge < -0.3 is 39.4 Å². The molecule has 0 amide bonds. The van der Waals surface area contributed by atoms with Gasteiger partial charge in [-0.2, -0.15) is 0 Å². The highest BCUT2D eigenvalue weighted by atomic mass is 16.6. The quantitative estimate of drug-likeness (QED) is 0.410. The van der Waals surface area contributed by atoms with E-state index in [1.165, 1.54) is 24.3 Å². The zero-order chi connectivity index (χ0) is 21.2. The van der Waals surface area contributed by atoms with Gasteiger partial charge in [-0.3, -0.25) is 4.79 Å². The molecule has 5 N–H and O–H groups in total. The molecule has 0 bridgehead atoms. The van der Waals surface area contributed by atoms with Crippen LogP contribution < -0.4 is 10.2 Å². The average molecular weight is 414 g/mol. The Balaban J connectivity index is 1.73. The van der Waals surface area contributed by atoms with E-state index in [0.29, 0.717) is 11.1 Å². The second kappa shape index (κ2) is 6.71. The molecule has 1 fully saturated rings. The number of ether oxygens (including phenoxy) is 2. The Morgan fingerprint density at radius 3 is 2.43 bits per heavy atom. The molecule has 2 unspecified atom stereocenters. The van der Waals surface area contributed by atoms with E-state index in [1.807, 2.05) is 0 Å². The highest BCUT2D eigenvalue weighted by Gasteiger charge is 2.52. The summed E-state index contributed by atoms with van der Waals surface area (Å²) < 4.78 is 17.4. The lowest BCUT2D eigenvalue weighted by Gasteiger charge is -2.38. The Morgan fingerprint density at radius 2 is 1.73 bits per heavy atom. The molecule has 0 spiro atoms. The van der Waals surface area contributed by atoms with Crippen molar-refractivity contribution in [2.75, 3.05) is 6.61 Å². The van der Waals surface area contributed by atoms with E-state index >= 15 is 0 Å². The molecule has 30 heavy (non-hydrogen) atoms.